The quantitative estimate of drug-likeness (QED) is 0.367. The lowest BCUT2D eigenvalue weighted by molar-refractivity contribution is -0.119. The highest BCUT2D eigenvalue weighted by Gasteiger charge is 2.43. The topological polar surface area (TPSA) is 56.7 Å². The SMILES string of the molecule is CN=C(NCC1(c2ccc(Cl)cc2)CCC1)N1CCCC2(CNC(=O)C2)C1.I. The van der Waals surface area contributed by atoms with Gasteiger partial charge in [-0.25, -0.2) is 0 Å². The average Bonchev–Trinajstić information content (AvgIpc) is 2.98. The van der Waals surface area contributed by atoms with Crippen molar-refractivity contribution in [2.45, 2.75) is 43.9 Å². The van der Waals surface area contributed by atoms with Gasteiger partial charge in [0, 0.05) is 55.5 Å². The van der Waals surface area contributed by atoms with Crippen molar-refractivity contribution in [2.75, 3.05) is 33.2 Å². The zero-order valence-electron chi connectivity index (χ0n) is 16.5. The predicted octanol–water partition coefficient (Wildman–Crippen LogP) is 3.56. The first kappa shape index (κ1) is 21.7. The minimum Gasteiger partial charge on any atom is -0.355 e. The summed E-state index contributed by atoms with van der Waals surface area (Å²) in [6.45, 7) is 3.60. The van der Waals surface area contributed by atoms with Crippen LogP contribution in [0.15, 0.2) is 29.3 Å². The molecule has 1 aromatic carbocycles. The summed E-state index contributed by atoms with van der Waals surface area (Å²) in [4.78, 5) is 18.7. The molecule has 5 nitrogen and oxygen atoms in total. The van der Waals surface area contributed by atoms with Crippen LogP contribution in [0.25, 0.3) is 0 Å². The summed E-state index contributed by atoms with van der Waals surface area (Å²) in [5, 5.41) is 7.46. The van der Waals surface area contributed by atoms with E-state index in [1.54, 1.807) is 0 Å². The number of hydrogen-bond acceptors (Lipinski definition) is 2. The Labute approximate surface area is 189 Å². The van der Waals surface area contributed by atoms with Gasteiger partial charge in [0.25, 0.3) is 0 Å². The smallest absolute Gasteiger partial charge is 0.220 e. The number of nitrogens with one attached hydrogen (secondary N) is 2. The first-order chi connectivity index (χ1) is 13.0. The lowest BCUT2D eigenvalue weighted by Gasteiger charge is -2.45. The van der Waals surface area contributed by atoms with Gasteiger partial charge in [-0.05, 0) is 43.4 Å². The summed E-state index contributed by atoms with van der Waals surface area (Å²) < 4.78 is 0. The third kappa shape index (κ3) is 4.27. The third-order valence-corrected chi connectivity index (χ3v) is 6.97. The molecule has 1 atom stereocenters. The summed E-state index contributed by atoms with van der Waals surface area (Å²) >= 11 is 6.07. The number of rotatable bonds is 3. The fraction of sp³-hybridized carbons (Fsp3) is 0.619. The number of benzene rings is 1. The van der Waals surface area contributed by atoms with E-state index >= 15 is 0 Å². The standard InChI is InChI=1S/C21H29ClN4O.HI/c1-23-19(26-11-3-8-20(15-26)12-18(27)24-13-20)25-14-21(9-2-10-21)16-4-6-17(22)7-5-16;/h4-7H,2-3,8-15H2,1H3,(H,23,25)(H,24,27);1H. The highest BCUT2D eigenvalue weighted by atomic mass is 127. The number of carbonyl (C=O) groups is 1. The third-order valence-electron chi connectivity index (χ3n) is 6.72. The lowest BCUT2D eigenvalue weighted by Crippen LogP contribution is -2.54. The number of carbonyl (C=O) groups excluding carboxylic acids is 1. The lowest BCUT2D eigenvalue weighted by atomic mass is 9.64. The summed E-state index contributed by atoms with van der Waals surface area (Å²) in [6, 6.07) is 8.31. The van der Waals surface area contributed by atoms with Crippen LogP contribution in [0.4, 0.5) is 0 Å². The Morgan fingerprint density at radius 1 is 1.25 bits per heavy atom. The van der Waals surface area contributed by atoms with E-state index in [2.05, 4.69) is 32.7 Å². The summed E-state index contributed by atoms with van der Waals surface area (Å²) in [7, 11) is 1.86. The molecule has 0 radical (unpaired) electrons. The molecule has 4 rings (SSSR count). The molecule has 7 heteroatoms. The van der Waals surface area contributed by atoms with Crippen molar-refractivity contribution in [2.24, 2.45) is 10.4 Å². The molecule has 1 aliphatic carbocycles. The van der Waals surface area contributed by atoms with E-state index in [1.165, 1.54) is 24.8 Å². The Kier molecular flexibility index (Phi) is 6.80. The maximum Gasteiger partial charge on any atom is 0.220 e. The maximum atomic E-state index is 11.8. The number of piperidine rings is 1. The minimum absolute atomic E-state index is 0. The number of aliphatic imine (C=N–C) groups is 1. The van der Waals surface area contributed by atoms with Gasteiger partial charge in [0.2, 0.25) is 5.91 Å². The molecule has 1 amide bonds. The van der Waals surface area contributed by atoms with Crippen molar-refractivity contribution >= 4 is 47.4 Å². The fourth-order valence-corrected chi connectivity index (χ4v) is 5.11. The van der Waals surface area contributed by atoms with Gasteiger partial charge in [0.05, 0.1) is 0 Å². The molecule has 3 aliphatic rings. The molecule has 1 aromatic rings. The second kappa shape index (κ2) is 8.78. The number of hydrogen-bond donors (Lipinski definition) is 2. The first-order valence-corrected chi connectivity index (χ1v) is 10.4. The van der Waals surface area contributed by atoms with E-state index in [4.69, 9.17) is 11.6 Å². The van der Waals surface area contributed by atoms with Crippen LogP contribution in [0.2, 0.25) is 5.02 Å². The molecule has 1 saturated carbocycles. The molecule has 3 fully saturated rings. The number of likely N-dealkylation sites (tertiary alicyclic amines) is 1. The van der Waals surface area contributed by atoms with Crippen molar-refractivity contribution in [3.8, 4) is 0 Å². The van der Waals surface area contributed by atoms with Crippen molar-refractivity contribution < 1.29 is 4.79 Å². The van der Waals surface area contributed by atoms with E-state index < -0.39 is 0 Å². The van der Waals surface area contributed by atoms with Crippen LogP contribution >= 0.6 is 35.6 Å². The molecule has 0 aromatic heterocycles. The fourth-order valence-electron chi connectivity index (χ4n) is 4.98. The van der Waals surface area contributed by atoms with E-state index in [0.29, 0.717) is 6.42 Å². The zero-order valence-corrected chi connectivity index (χ0v) is 19.6. The van der Waals surface area contributed by atoms with Crippen LogP contribution in [-0.2, 0) is 10.2 Å². The van der Waals surface area contributed by atoms with E-state index in [0.717, 1.165) is 50.0 Å². The highest BCUT2D eigenvalue weighted by Crippen LogP contribution is 2.43. The molecule has 2 heterocycles. The van der Waals surface area contributed by atoms with Crippen LogP contribution in [0, 0.1) is 5.41 Å². The molecule has 2 aliphatic heterocycles. The van der Waals surface area contributed by atoms with Crippen LogP contribution < -0.4 is 10.6 Å². The van der Waals surface area contributed by atoms with Gasteiger partial charge in [-0.15, -0.1) is 24.0 Å². The van der Waals surface area contributed by atoms with Crippen LogP contribution in [0.5, 0.6) is 0 Å². The van der Waals surface area contributed by atoms with Gasteiger partial charge in [0.1, 0.15) is 0 Å². The van der Waals surface area contributed by atoms with Crippen molar-refractivity contribution in [3.63, 3.8) is 0 Å². The van der Waals surface area contributed by atoms with Gasteiger partial charge in [-0.3, -0.25) is 9.79 Å². The Morgan fingerprint density at radius 3 is 2.57 bits per heavy atom. The van der Waals surface area contributed by atoms with Crippen LogP contribution in [0.1, 0.15) is 44.1 Å². The van der Waals surface area contributed by atoms with E-state index in [-0.39, 0.29) is 40.7 Å². The van der Waals surface area contributed by atoms with Crippen molar-refractivity contribution in [3.05, 3.63) is 34.9 Å². The maximum absolute atomic E-state index is 11.8. The van der Waals surface area contributed by atoms with E-state index in [1.807, 2.05) is 19.2 Å². The first-order valence-electron chi connectivity index (χ1n) is 10.0. The summed E-state index contributed by atoms with van der Waals surface area (Å²) in [6.07, 6.45) is 6.53. The van der Waals surface area contributed by atoms with Gasteiger partial charge in [-0.2, -0.15) is 0 Å². The Hall–Kier alpha value is -1.02. The van der Waals surface area contributed by atoms with Gasteiger partial charge < -0.3 is 15.5 Å². The van der Waals surface area contributed by atoms with Gasteiger partial charge in [0.15, 0.2) is 5.96 Å². The summed E-state index contributed by atoms with van der Waals surface area (Å²) in [5.41, 5.74) is 1.62. The molecular formula is C21H30ClIN4O. The molecule has 28 heavy (non-hydrogen) atoms. The summed E-state index contributed by atoms with van der Waals surface area (Å²) in [5.74, 6) is 1.16. The molecule has 0 bridgehead atoms. The zero-order chi connectivity index (χ0) is 18.9. The van der Waals surface area contributed by atoms with Crippen molar-refractivity contribution in [1.29, 1.82) is 0 Å². The second-order valence-electron chi connectivity index (χ2n) is 8.52. The largest absolute Gasteiger partial charge is 0.355 e. The minimum atomic E-state index is 0. The number of nitrogens with zero attached hydrogens (tertiary/aromatic N) is 2. The van der Waals surface area contributed by atoms with Gasteiger partial charge >= 0.3 is 0 Å². The average molecular weight is 517 g/mol. The van der Waals surface area contributed by atoms with Crippen LogP contribution in [0.3, 0.4) is 0 Å². The predicted molar refractivity (Wildman–Crippen MR) is 125 cm³/mol. The number of guanidine groups is 1. The molecule has 2 saturated heterocycles. The molecule has 1 unspecified atom stereocenters. The van der Waals surface area contributed by atoms with Crippen LogP contribution in [-0.4, -0.2) is 50.0 Å². The molecule has 1 spiro atoms. The normalized spacial score (nSPS) is 26.4. The molecule has 154 valence electrons. The Morgan fingerprint density at radius 2 is 2.00 bits per heavy atom. The van der Waals surface area contributed by atoms with Crippen molar-refractivity contribution in [1.82, 2.24) is 15.5 Å². The Balaban J connectivity index is 0.00000225. The molecular weight excluding hydrogens is 487 g/mol. The van der Waals surface area contributed by atoms with E-state index in [9.17, 15) is 4.79 Å². The Bertz CT molecular complexity index is 734. The van der Waals surface area contributed by atoms with Gasteiger partial charge in [-0.1, -0.05) is 30.2 Å². The number of amides is 1. The monoisotopic (exact) mass is 516 g/mol. The molecule has 2 N–H and O–H groups in total. The number of halogens is 2. The second-order valence-corrected chi connectivity index (χ2v) is 8.96. The highest BCUT2D eigenvalue weighted by molar-refractivity contribution is 14.0.